The van der Waals surface area contributed by atoms with Crippen LogP contribution in [0.2, 0.25) is 0 Å². The summed E-state index contributed by atoms with van der Waals surface area (Å²) in [6, 6.07) is -0.0740. The summed E-state index contributed by atoms with van der Waals surface area (Å²) in [5.41, 5.74) is -0.386. The molecule has 18 heteroatoms. The van der Waals surface area contributed by atoms with Crippen LogP contribution in [0.1, 0.15) is 119 Å². The Morgan fingerprint density at radius 3 is 2.27 bits per heavy atom. The van der Waals surface area contributed by atoms with E-state index in [0.717, 1.165) is 32.5 Å². The Bertz CT molecular complexity index is 2430. The van der Waals surface area contributed by atoms with Crippen molar-refractivity contribution < 1.29 is 58.2 Å². The number of amides is 2. The van der Waals surface area contributed by atoms with Crippen molar-refractivity contribution >= 4 is 35.1 Å². The maximum atomic E-state index is 14.9. The number of rotatable bonds is 7. The number of piperidine rings is 2. The summed E-state index contributed by atoms with van der Waals surface area (Å²) in [7, 11) is 3.45. The Morgan fingerprint density at radius 2 is 1.62 bits per heavy atom. The van der Waals surface area contributed by atoms with Crippen molar-refractivity contribution in [1.29, 1.82) is 0 Å². The number of ketones is 2. The van der Waals surface area contributed by atoms with Crippen molar-refractivity contribution in [3.63, 3.8) is 0 Å². The van der Waals surface area contributed by atoms with Gasteiger partial charge >= 0.3 is 11.8 Å². The van der Waals surface area contributed by atoms with Crippen LogP contribution in [0.4, 0.5) is 0 Å². The van der Waals surface area contributed by atoms with Gasteiger partial charge in [0.15, 0.2) is 0 Å². The number of aromatic hydroxyl groups is 1. The van der Waals surface area contributed by atoms with Gasteiger partial charge < -0.3 is 60.0 Å². The van der Waals surface area contributed by atoms with Gasteiger partial charge in [0.1, 0.15) is 35.4 Å². The van der Waals surface area contributed by atoms with E-state index in [9.17, 15) is 39.3 Å². The molecule has 2 amide bonds. The van der Waals surface area contributed by atoms with E-state index in [2.05, 4.69) is 39.6 Å². The third kappa shape index (κ3) is 10.9. The number of Topliss-reactive ketones (excluding diaryl/α,β-unsaturated/α-hetero) is 2. The fraction of sp³-hybridized carbons (Fsp3) is 0.623. The van der Waals surface area contributed by atoms with Crippen molar-refractivity contribution in [2.75, 3.05) is 46.9 Å². The fourth-order valence-corrected chi connectivity index (χ4v) is 10.8. The highest BCUT2D eigenvalue weighted by Gasteiger charge is 2.54. The number of phenolic OH excluding ortho intramolecular Hbond substituents is 1. The second kappa shape index (κ2) is 21.4. The third-order valence-electron chi connectivity index (χ3n) is 15.3. The van der Waals surface area contributed by atoms with Crippen molar-refractivity contribution in [3.8, 4) is 11.5 Å². The lowest BCUT2D eigenvalue weighted by Crippen LogP contribution is -2.50. The number of nitrogens with one attached hydrogen (secondary N) is 3. The maximum absolute atomic E-state index is 14.9. The minimum absolute atomic E-state index is 0.00474. The van der Waals surface area contributed by atoms with Crippen molar-refractivity contribution in [3.05, 3.63) is 69.8 Å². The number of aliphatic hydroxyl groups is 2. The molecule has 18 nitrogen and oxygen atoms in total. The molecule has 2 saturated heterocycles. The molecule has 0 unspecified atom stereocenters. The number of allylic oxidation sites excluding steroid dienone is 4. The molecular weight excluding hydrogens is 913 g/mol. The molecule has 1 spiro atoms. The summed E-state index contributed by atoms with van der Waals surface area (Å²) in [6.07, 6.45) is 5.37. The number of ether oxygens (including phenoxy) is 4. The van der Waals surface area contributed by atoms with Crippen LogP contribution in [0.15, 0.2) is 52.5 Å². The summed E-state index contributed by atoms with van der Waals surface area (Å²) in [4.78, 5) is 80.3. The summed E-state index contributed by atoms with van der Waals surface area (Å²) < 4.78 is 24.5. The molecule has 8 rings (SSSR count). The summed E-state index contributed by atoms with van der Waals surface area (Å²) in [6.45, 7) is 19.7. The number of aliphatic hydroxyl groups excluding tert-OH is 2. The van der Waals surface area contributed by atoms with Crippen molar-refractivity contribution in [2.45, 2.75) is 136 Å². The van der Waals surface area contributed by atoms with Crippen LogP contribution in [-0.4, -0.2) is 149 Å². The van der Waals surface area contributed by atoms with Crippen LogP contribution in [0.25, 0.3) is 0 Å². The molecule has 5 bridgehead atoms. The molecule has 1 aliphatic carbocycles. The molecule has 7 aliphatic rings. The van der Waals surface area contributed by atoms with Crippen LogP contribution in [0.5, 0.6) is 11.5 Å². The van der Waals surface area contributed by atoms with E-state index in [4.69, 9.17) is 23.9 Å². The molecule has 2 fully saturated rings. The molecule has 1 aromatic carbocycles. The zero-order valence-corrected chi connectivity index (χ0v) is 43.1. The van der Waals surface area contributed by atoms with Crippen LogP contribution in [-0.2, 0) is 28.6 Å². The average Bonchev–Trinajstić information content (AvgIpc) is 3.83. The first-order chi connectivity index (χ1) is 33.5. The number of esters is 1. The highest BCUT2D eigenvalue weighted by atomic mass is 16.7. The molecule has 1 aromatic rings. The monoisotopic (exact) mass is 987 g/mol. The highest BCUT2D eigenvalue weighted by Crippen LogP contribution is 2.50. The van der Waals surface area contributed by atoms with E-state index in [1.807, 2.05) is 7.05 Å². The van der Waals surface area contributed by atoms with Gasteiger partial charge in [0.2, 0.25) is 11.7 Å². The lowest BCUT2D eigenvalue weighted by atomic mass is 9.78. The normalized spacial score (nSPS) is 32.5. The number of aliphatic imine (C=N–C) groups is 1. The van der Waals surface area contributed by atoms with E-state index in [0.29, 0.717) is 31.8 Å². The summed E-state index contributed by atoms with van der Waals surface area (Å²) in [5, 5.41) is 44.7. The molecule has 6 N–H and O–H groups in total. The minimum atomic E-state index is -2.03. The Labute approximate surface area is 416 Å². The average molecular weight is 987 g/mol. The zero-order valence-electron chi connectivity index (χ0n) is 43.1. The van der Waals surface area contributed by atoms with Crippen LogP contribution in [0, 0.1) is 36.5 Å². The second-order valence-corrected chi connectivity index (χ2v) is 21.2. The Balaban J connectivity index is 1.27. The highest BCUT2D eigenvalue weighted by molar-refractivity contribution is 6.34. The first kappa shape index (κ1) is 53.4. The van der Waals surface area contributed by atoms with E-state index in [-0.39, 0.29) is 56.7 Å². The van der Waals surface area contributed by atoms with E-state index >= 15 is 0 Å². The van der Waals surface area contributed by atoms with Gasteiger partial charge in [-0.3, -0.25) is 29.0 Å². The minimum Gasteiger partial charge on any atom is -0.507 e. The SMILES string of the molecule is CO[C@H]1/C=C/O[C@@]2(C)Oc3c(C)c(O)c4c(c3C2=O)C2=NC3(CCN(CC(C)C)CC3)NC2=C(NC(=O)/C(C)=C\C=C\[C@H](C)[C@H](O)[C@@H](C)[C@@H](O)[C@@H](C)[C@H](OC(=O)CC(=O)NC2CCN(C)CC2)[C@@H]1C)C4=O. The van der Waals surface area contributed by atoms with E-state index < -0.39 is 101 Å². The number of hydrogen-bond donors (Lipinski definition) is 6. The zero-order chi connectivity index (χ0) is 51.9. The largest absolute Gasteiger partial charge is 0.507 e. The van der Waals surface area contributed by atoms with Gasteiger partial charge in [0.05, 0.1) is 47.1 Å². The Kier molecular flexibility index (Phi) is 16.1. The fourth-order valence-electron chi connectivity index (χ4n) is 10.8. The number of carbonyl (C=O) groups is 5. The topological polar surface area (TPSA) is 238 Å². The quantitative estimate of drug-likeness (QED) is 0.166. The molecular formula is C53H74N6O12. The van der Waals surface area contributed by atoms with Crippen molar-refractivity contribution in [2.24, 2.45) is 34.6 Å². The molecule has 0 radical (unpaired) electrons. The molecule has 71 heavy (non-hydrogen) atoms. The first-order valence-corrected chi connectivity index (χ1v) is 25.1. The Morgan fingerprint density at radius 1 is 0.944 bits per heavy atom. The molecule has 0 aromatic heterocycles. The van der Waals surface area contributed by atoms with E-state index in [1.54, 1.807) is 52.8 Å². The predicted molar refractivity (Wildman–Crippen MR) is 264 cm³/mol. The molecule has 9 atom stereocenters. The van der Waals surface area contributed by atoms with Crippen molar-refractivity contribution in [1.82, 2.24) is 25.8 Å². The van der Waals surface area contributed by atoms with Crippen LogP contribution in [0.3, 0.4) is 0 Å². The number of methoxy groups -OCH3 is 1. The van der Waals surface area contributed by atoms with Gasteiger partial charge in [0, 0.05) is 92.9 Å². The summed E-state index contributed by atoms with van der Waals surface area (Å²) in [5.74, 6) is -8.14. The van der Waals surface area contributed by atoms with Crippen LogP contribution >= 0.6 is 0 Å². The van der Waals surface area contributed by atoms with Gasteiger partial charge in [-0.15, -0.1) is 0 Å². The lowest BCUT2D eigenvalue weighted by molar-refractivity contribution is -0.164. The lowest BCUT2D eigenvalue weighted by Gasteiger charge is -2.38. The third-order valence-corrected chi connectivity index (χ3v) is 15.3. The predicted octanol–water partition coefficient (Wildman–Crippen LogP) is 4.20. The molecule has 388 valence electrons. The smallest absolute Gasteiger partial charge is 0.315 e. The number of carbonyl (C=O) groups excluding carboxylic acids is 5. The van der Waals surface area contributed by atoms with E-state index in [1.165, 1.54) is 33.3 Å². The number of fused-ring (bicyclic) bond motifs is 13. The number of likely N-dealkylation sites (tertiary alicyclic amines) is 2. The number of phenols is 1. The number of nitrogens with zero attached hydrogens (tertiary/aromatic N) is 3. The van der Waals surface area contributed by atoms with Gasteiger partial charge in [-0.25, -0.2) is 0 Å². The van der Waals surface area contributed by atoms with Gasteiger partial charge in [-0.1, -0.05) is 59.8 Å². The standard InChI is InChI=1S/C53H74N6O12/c1-27(2)26-59-22-18-53(19-23-59)56-41-38-39-46(64)33(8)49-40(38)50(66)52(9,71-49)69-24-17-35(68-11)30(5)48(70-37(61)25-36(60)54-34-15-20-58(10)21-16-34)32(7)45(63)31(6)44(62)28(3)13-12-14-29(4)51(67)55-43(47(39)65)42(41)57-53/h12-14,17,24,27-28,30-32,34-35,44-45,48,57,62-64H,15-16,18-23,25-26H2,1-11H3,(H,54,60)(H,55,67)/b13-12+,24-17+,29-14-/t28-,30+,31+,32+,35-,44-,45+,48+,52-/m0/s1. The molecule has 0 saturated carbocycles. The molecule has 6 aliphatic heterocycles. The molecule has 6 heterocycles. The summed E-state index contributed by atoms with van der Waals surface area (Å²) >= 11 is 0. The second-order valence-electron chi connectivity index (χ2n) is 21.2. The van der Waals surface area contributed by atoms with Gasteiger partial charge in [0.25, 0.3) is 11.7 Å². The first-order valence-electron chi connectivity index (χ1n) is 25.1. The maximum Gasteiger partial charge on any atom is 0.315 e. The van der Waals surface area contributed by atoms with Crippen LogP contribution < -0.4 is 20.7 Å². The Hall–Kier alpha value is -5.40. The van der Waals surface area contributed by atoms with Gasteiger partial charge in [-0.2, -0.15) is 0 Å². The number of hydrogen-bond acceptors (Lipinski definition) is 16. The number of benzene rings is 1. The van der Waals surface area contributed by atoms with Gasteiger partial charge in [-0.05, 0) is 58.8 Å².